The summed E-state index contributed by atoms with van der Waals surface area (Å²) in [5.41, 5.74) is 0. The van der Waals surface area contributed by atoms with E-state index >= 15 is 0 Å². The van der Waals surface area contributed by atoms with Gasteiger partial charge in [-0.15, -0.1) is 6.42 Å². The first kappa shape index (κ1) is 12.1. The molecule has 1 rings (SSSR count). The van der Waals surface area contributed by atoms with E-state index in [1.807, 2.05) is 6.92 Å². The molecular weight excluding hydrogens is 188 g/mol. The molecule has 0 aromatic rings. The second-order valence-corrected chi connectivity index (χ2v) is 4.22. The molecule has 0 radical (unpaired) electrons. The van der Waals surface area contributed by atoms with E-state index in [2.05, 4.69) is 23.5 Å². The summed E-state index contributed by atoms with van der Waals surface area (Å²) in [6.45, 7) is 5.93. The first-order valence-electron chi connectivity index (χ1n) is 5.66. The van der Waals surface area contributed by atoms with Gasteiger partial charge < -0.3 is 10.6 Å². The van der Waals surface area contributed by atoms with Crippen molar-refractivity contribution in [3.63, 3.8) is 0 Å². The van der Waals surface area contributed by atoms with Gasteiger partial charge in [0.25, 0.3) is 0 Å². The molecule has 84 valence electrons. The highest BCUT2D eigenvalue weighted by atomic mass is 16.1. The van der Waals surface area contributed by atoms with Crippen LogP contribution in [0.3, 0.4) is 0 Å². The predicted octanol–water partition coefficient (Wildman–Crippen LogP) is 0.760. The Morgan fingerprint density at radius 1 is 1.67 bits per heavy atom. The zero-order valence-electron chi connectivity index (χ0n) is 9.55. The Morgan fingerprint density at radius 3 is 2.73 bits per heavy atom. The number of rotatable bonds is 5. The lowest BCUT2D eigenvalue weighted by molar-refractivity contribution is -0.127. The molecule has 0 bridgehead atoms. The van der Waals surface area contributed by atoms with E-state index in [0.29, 0.717) is 5.92 Å². The third-order valence-corrected chi connectivity index (χ3v) is 3.03. The molecule has 1 aliphatic heterocycles. The minimum Gasteiger partial charge on any atom is -0.342 e. The molecule has 0 spiro atoms. The summed E-state index contributed by atoms with van der Waals surface area (Å²) in [7, 11) is 0. The average molecular weight is 208 g/mol. The van der Waals surface area contributed by atoms with Crippen LogP contribution in [0, 0.1) is 24.2 Å². The van der Waals surface area contributed by atoms with Crippen molar-refractivity contribution in [2.24, 2.45) is 11.8 Å². The van der Waals surface area contributed by atoms with Crippen LogP contribution in [-0.4, -0.2) is 25.0 Å². The van der Waals surface area contributed by atoms with Crippen molar-refractivity contribution in [1.29, 1.82) is 0 Å². The van der Waals surface area contributed by atoms with Crippen molar-refractivity contribution < 1.29 is 4.79 Å². The van der Waals surface area contributed by atoms with Gasteiger partial charge in [-0.1, -0.05) is 26.2 Å². The maximum absolute atomic E-state index is 11.8. The maximum atomic E-state index is 11.8. The zero-order valence-corrected chi connectivity index (χ0v) is 9.55. The molecule has 2 unspecified atom stereocenters. The summed E-state index contributed by atoms with van der Waals surface area (Å²) >= 11 is 0. The van der Waals surface area contributed by atoms with Gasteiger partial charge in [0.15, 0.2) is 0 Å². The number of carbonyl (C=O) groups excluding carboxylic acids is 1. The minimum absolute atomic E-state index is 0.0685. The fourth-order valence-corrected chi connectivity index (χ4v) is 1.67. The summed E-state index contributed by atoms with van der Waals surface area (Å²) in [5, 5.41) is 6.08. The third-order valence-electron chi connectivity index (χ3n) is 3.03. The van der Waals surface area contributed by atoms with Crippen LogP contribution in [0.25, 0.3) is 0 Å². The Labute approximate surface area is 92.0 Å². The summed E-state index contributed by atoms with van der Waals surface area (Å²) < 4.78 is 0. The van der Waals surface area contributed by atoms with Crippen LogP contribution in [0.2, 0.25) is 0 Å². The van der Waals surface area contributed by atoms with Gasteiger partial charge in [0.05, 0.1) is 6.04 Å². The van der Waals surface area contributed by atoms with Crippen LogP contribution in [0.4, 0.5) is 0 Å². The van der Waals surface area contributed by atoms with E-state index in [4.69, 9.17) is 6.42 Å². The van der Waals surface area contributed by atoms with Gasteiger partial charge in [-0.3, -0.25) is 4.79 Å². The molecule has 0 aromatic heterocycles. The number of carbonyl (C=O) groups is 1. The minimum atomic E-state index is -0.0991. The normalized spacial score (nSPS) is 19.8. The van der Waals surface area contributed by atoms with E-state index in [9.17, 15) is 4.79 Å². The highest BCUT2D eigenvalue weighted by molar-refractivity contribution is 5.79. The second-order valence-electron chi connectivity index (χ2n) is 4.22. The largest absolute Gasteiger partial charge is 0.342 e. The van der Waals surface area contributed by atoms with Crippen LogP contribution in [0.15, 0.2) is 0 Å². The van der Waals surface area contributed by atoms with Gasteiger partial charge in [-0.05, 0) is 25.4 Å². The van der Waals surface area contributed by atoms with Gasteiger partial charge in [-0.25, -0.2) is 0 Å². The molecule has 1 amide bonds. The molecule has 0 saturated carbocycles. The topological polar surface area (TPSA) is 41.1 Å². The summed E-state index contributed by atoms with van der Waals surface area (Å²) in [6, 6.07) is -0.0991. The van der Waals surface area contributed by atoms with Gasteiger partial charge >= 0.3 is 0 Å². The van der Waals surface area contributed by atoms with Crippen LogP contribution in [-0.2, 0) is 4.79 Å². The third kappa shape index (κ3) is 3.24. The Hall–Kier alpha value is -1.01. The second kappa shape index (κ2) is 5.77. The van der Waals surface area contributed by atoms with Gasteiger partial charge in [0, 0.05) is 5.92 Å². The first-order valence-corrected chi connectivity index (χ1v) is 5.66. The highest BCUT2D eigenvalue weighted by Crippen LogP contribution is 2.16. The van der Waals surface area contributed by atoms with Crippen LogP contribution in [0.1, 0.15) is 26.7 Å². The number of terminal acetylenes is 1. The van der Waals surface area contributed by atoms with Gasteiger partial charge in [0.2, 0.25) is 5.91 Å². The zero-order chi connectivity index (χ0) is 11.3. The molecule has 3 heteroatoms. The molecule has 1 saturated heterocycles. The Balaban J connectivity index is 2.35. The highest BCUT2D eigenvalue weighted by Gasteiger charge is 2.29. The lowest BCUT2D eigenvalue weighted by atomic mass is 9.88. The van der Waals surface area contributed by atoms with Crippen molar-refractivity contribution in [2.75, 3.05) is 13.1 Å². The molecular formula is C12H20N2O. The summed E-state index contributed by atoms with van der Waals surface area (Å²) in [6.07, 6.45) is 7.21. The molecule has 0 aromatic carbocycles. The molecule has 1 aliphatic rings. The number of nitrogens with one attached hydrogen (secondary N) is 2. The van der Waals surface area contributed by atoms with Gasteiger partial charge in [0.1, 0.15) is 0 Å². The number of hydrogen-bond acceptors (Lipinski definition) is 2. The first-order chi connectivity index (χ1) is 7.19. The molecule has 0 aliphatic carbocycles. The predicted molar refractivity (Wildman–Crippen MR) is 61.2 cm³/mol. The number of hydrogen-bond donors (Lipinski definition) is 2. The molecule has 1 fully saturated rings. The lowest BCUT2D eigenvalue weighted by Gasteiger charge is -2.32. The number of amides is 1. The van der Waals surface area contributed by atoms with Crippen molar-refractivity contribution in [2.45, 2.75) is 32.7 Å². The Bertz CT molecular complexity index is 253. The lowest BCUT2D eigenvalue weighted by Crippen LogP contribution is -2.50. The van der Waals surface area contributed by atoms with Crippen molar-refractivity contribution in [3.8, 4) is 12.3 Å². The summed E-state index contributed by atoms with van der Waals surface area (Å²) in [5.74, 6) is 3.26. The van der Waals surface area contributed by atoms with Crippen molar-refractivity contribution >= 4 is 5.91 Å². The van der Waals surface area contributed by atoms with Crippen LogP contribution >= 0.6 is 0 Å². The Morgan fingerprint density at radius 2 is 2.33 bits per heavy atom. The quantitative estimate of drug-likeness (QED) is 0.655. The Kier molecular flexibility index (Phi) is 4.64. The van der Waals surface area contributed by atoms with Crippen molar-refractivity contribution in [3.05, 3.63) is 0 Å². The van der Waals surface area contributed by atoms with Gasteiger partial charge in [-0.2, -0.15) is 0 Å². The molecule has 1 heterocycles. The van der Waals surface area contributed by atoms with Crippen molar-refractivity contribution in [1.82, 2.24) is 10.6 Å². The molecule has 2 atom stereocenters. The van der Waals surface area contributed by atoms with E-state index < -0.39 is 0 Å². The fraction of sp³-hybridized carbons (Fsp3) is 0.750. The average Bonchev–Trinajstić information content (AvgIpc) is 2.14. The van der Waals surface area contributed by atoms with E-state index in [-0.39, 0.29) is 17.9 Å². The molecule has 15 heavy (non-hydrogen) atoms. The van der Waals surface area contributed by atoms with E-state index in [1.54, 1.807) is 0 Å². The van der Waals surface area contributed by atoms with Crippen LogP contribution in [0.5, 0.6) is 0 Å². The standard InChI is InChI=1S/C12H20N2O/c1-4-6-11(5-2)14-12(15)9(3)10-7-13-8-10/h2,9-11,13H,4,6-8H2,1,3H3,(H,14,15). The van der Waals surface area contributed by atoms with Crippen LogP contribution < -0.4 is 10.6 Å². The molecule has 2 N–H and O–H groups in total. The monoisotopic (exact) mass is 208 g/mol. The molecule has 3 nitrogen and oxygen atoms in total. The smallest absolute Gasteiger partial charge is 0.224 e. The van der Waals surface area contributed by atoms with E-state index in [1.165, 1.54) is 0 Å². The maximum Gasteiger partial charge on any atom is 0.224 e. The summed E-state index contributed by atoms with van der Waals surface area (Å²) in [4.78, 5) is 11.8. The SMILES string of the molecule is C#CC(CCC)NC(=O)C(C)C1CNC1. The van der Waals surface area contributed by atoms with E-state index in [0.717, 1.165) is 25.9 Å². The fourth-order valence-electron chi connectivity index (χ4n) is 1.67.